The quantitative estimate of drug-likeness (QED) is 0.544. The van der Waals surface area contributed by atoms with Gasteiger partial charge in [-0.25, -0.2) is 4.79 Å². The van der Waals surface area contributed by atoms with Crippen molar-refractivity contribution in [1.82, 2.24) is 9.97 Å². The number of ether oxygens (including phenoxy) is 4. The van der Waals surface area contributed by atoms with Gasteiger partial charge in [0.05, 0.1) is 20.3 Å². The number of alkyl halides is 2. The Kier molecular flexibility index (Phi) is 5.99. The van der Waals surface area contributed by atoms with Crippen molar-refractivity contribution in [3.05, 3.63) is 35.4 Å². The zero-order valence-electron chi connectivity index (χ0n) is 14.0. The molecule has 0 N–H and O–H groups in total. The summed E-state index contributed by atoms with van der Waals surface area (Å²) in [7, 11) is 2.40. The van der Waals surface area contributed by atoms with Crippen LogP contribution >= 0.6 is 0 Å². The molecule has 2 rings (SSSR count). The molecule has 0 saturated carbocycles. The molecular formula is C16H14F2N2O6. The highest BCUT2D eigenvalue weighted by molar-refractivity contribution is 6.07. The molecule has 0 spiro atoms. The molecule has 26 heavy (non-hydrogen) atoms. The Morgan fingerprint density at radius 1 is 1.12 bits per heavy atom. The van der Waals surface area contributed by atoms with Gasteiger partial charge in [0.1, 0.15) is 11.3 Å². The number of carbonyl (C=O) groups is 2. The first-order chi connectivity index (χ1) is 12.3. The predicted molar refractivity (Wildman–Crippen MR) is 83.1 cm³/mol. The Balaban J connectivity index is 2.49. The smallest absolute Gasteiger partial charge is 0.388 e. The van der Waals surface area contributed by atoms with E-state index in [1.54, 1.807) is 0 Å². The molecular weight excluding hydrogens is 354 g/mol. The minimum Gasteiger partial charge on any atom is -0.481 e. The summed E-state index contributed by atoms with van der Waals surface area (Å²) in [5.41, 5.74) is -0.0912. The average molecular weight is 368 g/mol. The third-order valence-electron chi connectivity index (χ3n) is 3.07. The van der Waals surface area contributed by atoms with Crippen molar-refractivity contribution < 1.29 is 37.3 Å². The van der Waals surface area contributed by atoms with Crippen LogP contribution in [0.15, 0.2) is 24.3 Å². The lowest BCUT2D eigenvalue weighted by molar-refractivity contribution is -0.0532. The topological polar surface area (TPSA) is 96.8 Å². The summed E-state index contributed by atoms with van der Waals surface area (Å²) in [5, 5.41) is 0. The highest BCUT2D eigenvalue weighted by Crippen LogP contribution is 2.29. The number of rotatable bonds is 7. The lowest BCUT2D eigenvalue weighted by Gasteiger charge is -2.12. The van der Waals surface area contributed by atoms with E-state index >= 15 is 0 Å². The van der Waals surface area contributed by atoms with E-state index in [1.165, 1.54) is 32.2 Å². The first-order valence-corrected chi connectivity index (χ1v) is 7.13. The van der Waals surface area contributed by atoms with Gasteiger partial charge in [0.25, 0.3) is 0 Å². The second-order valence-corrected chi connectivity index (χ2v) is 4.74. The van der Waals surface area contributed by atoms with Gasteiger partial charge < -0.3 is 18.9 Å². The van der Waals surface area contributed by atoms with Gasteiger partial charge in [-0.15, -0.1) is 0 Å². The van der Waals surface area contributed by atoms with Gasteiger partial charge in [0.15, 0.2) is 5.78 Å². The summed E-state index contributed by atoms with van der Waals surface area (Å²) >= 11 is 0. The summed E-state index contributed by atoms with van der Waals surface area (Å²) in [6.07, 6.45) is 0. The number of methoxy groups -OCH3 is 2. The van der Waals surface area contributed by atoms with Crippen LogP contribution in [-0.4, -0.2) is 42.6 Å². The number of nitrogens with zero attached hydrogens (tertiary/aromatic N) is 2. The van der Waals surface area contributed by atoms with Crippen molar-refractivity contribution in [2.75, 3.05) is 14.2 Å². The predicted octanol–water partition coefficient (Wildman–Crippen LogP) is 2.87. The molecule has 0 aliphatic rings. The Morgan fingerprint density at radius 2 is 1.81 bits per heavy atom. The molecule has 0 bridgehead atoms. The van der Waals surface area contributed by atoms with Gasteiger partial charge in [-0.3, -0.25) is 4.79 Å². The number of benzene rings is 1. The highest BCUT2D eigenvalue weighted by Gasteiger charge is 2.22. The van der Waals surface area contributed by atoms with Crippen LogP contribution in [0.1, 0.15) is 27.6 Å². The number of esters is 1. The second-order valence-electron chi connectivity index (χ2n) is 4.74. The largest absolute Gasteiger partial charge is 0.481 e. The van der Waals surface area contributed by atoms with Gasteiger partial charge in [-0.05, 0) is 13.0 Å². The first kappa shape index (κ1) is 19.0. The standard InChI is InChI=1S/C16H14F2N2O6/c1-8(21)9-5-4-6-10(13(9)14(22)24-3)25-16-19-11(23-2)7-12(20-16)26-15(17)18/h4-7,15H,1-3H3. The van der Waals surface area contributed by atoms with Crippen molar-refractivity contribution in [3.63, 3.8) is 0 Å². The van der Waals surface area contributed by atoms with Crippen molar-refractivity contribution >= 4 is 11.8 Å². The first-order valence-electron chi connectivity index (χ1n) is 7.13. The van der Waals surface area contributed by atoms with Crippen LogP contribution in [0.25, 0.3) is 0 Å². The molecule has 10 heteroatoms. The second kappa shape index (κ2) is 8.19. The molecule has 0 fully saturated rings. The maximum absolute atomic E-state index is 12.4. The lowest BCUT2D eigenvalue weighted by atomic mass is 10.0. The maximum Gasteiger partial charge on any atom is 0.388 e. The van der Waals surface area contributed by atoms with Crippen LogP contribution in [0.2, 0.25) is 0 Å². The number of ketones is 1. The number of hydrogen-bond acceptors (Lipinski definition) is 8. The molecule has 1 heterocycles. The number of aromatic nitrogens is 2. The molecule has 0 saturated heterocycles. The van der Waals surface area contributed by atoms with Gasteiger partial charge in [-0.2, -0.15) is 18.7 Å². The molecule has 0 aliphatic carbocycles. The SMILES string of the molecule is COC(=O)c1c(Oc2nc(OC)cc(OC(F)F)n2)cccc1C(C)=O. The van der Waals surface area contributed by atoms with Crippen molar-refractivity contribution in [3.8, 4) is 23.5 Å². The van der Waals surface area contributed by atoms with E-state index in [0.717, 1.165) is 13.2 Å². The van der Waals surface area contributed by atoms with Gasteiger partial charge in [-0.1, -0.05) is 12.1 Å². The summed E-state index contributed by atoms with van der Waals surface area (Å²) in [6, 6.07) is 4.86. The maximum atomic E-state index is 12.4. The normalized spacial score (nSPS) is 10.4. The zero-order chi connectivity index (χ0) is 19.3. The number of carbonyl (C=O) groups excluding carboxylic acids is 2. The van der Waals surface area contributed by atoms with E-state index in [2.05, 4.69) is 19.4 Å². The molecule has 138 valence electrons. The number of hydrogen-bond donors (Lipinski definition) is 0. The Bertz CT molecular complexity index is 828. The molecule has 1 aromatic carbocycles. The highest BCUT2D eigenvalue weighted by atomic mass is 19.3. The van der Waals surface area contributed by atoms with Crippen LogP contribution in [0.5, 0.6) is 23.5 Å². The van der Waals surface area contributed by atoms with E-state index < -0.39 is 30.3 Å². The van der Waals surface area contributed by atoms with E-state index in [1.807, 2.05) is 0 Å². The van der Waals surface area contributed by atoms with Gasteiger partial charge in [0, 0.05) is 5.56 Å². The average Bonchev–Trinajstić information content (AvgIpc) is 2.59. The molecule has 1 aromatic heterocycles. The fraction of sp³-hybridized carbons (Fsp3) is 0.250. The van der Waals surface area contributed by atoms with Crippen molar-refractivity contribution in [2.24, 2.45) is 0 Å². The Hall–Kier alpha value is -3.30. The van der Waals surface area contributed by atoms with Crippen LogP contribution in [0, 0.1) is 0 Å². The molecule has 0 atom stereocenters. The third kappa shape index (κ3) is 4.41. The van der Waals surface area contributed by atoms with Gasteiger partial charge in [0.2, 0.25) is 11.8 Å². The molecule has 8 nitrogen and oxygen atoms in total. The molecule has 0 amide bonds. The summed E-state index contributed by atoms with van der Waals surface area (Å²) in [5.74, 6) is -1.92. The van der Waals surface area contributed by atoms with Crippen molar-refractivity contribution in [2.45, 2.75) is 13.5 Å². The van der Waals surface area contributed by atoms with Crippen LogP contribution in [0.3, 0.4) is 0 Å². The minimum absolute atomic E-state index is 0.0568. The van der Waals surface area contributed by atoms with E-state index in [-0.39, 0.29) is 22.8 Å². The van der Waals surface area contributed by atoms with E-state index in [9.17, 15) is 18.4 Å². The van der Waals surface area contributed by atoms with Crippen LogP contribution < -0.4 is 14.2 Å². The summed E-state index contributed by atoms with van der Waals surface area (Å²) < 4.78 is 44.0. The Labute approximate surface area is 146 Å². The van der Waals surface area contributed by atoms with Crippen LogP contribution in [-0.2, 0) is 4.74 Å². The summed E-state index contributed by atoms with van der Waals surface area (Å²) in [6.45, 7) is -1.85. The lowest BCUT2D eigenvalue weighted by Crippen LogP contribution is -2.11. The molecule has 0 aliphatic heterocycles. The van der Waals surface area contributed by atoms with E-state index in [0.29, 0.717) is 0 Å². The molecule has 0 unspecified atom stereocenters. The monoisotopic (exact) mass is 368 g/mol. The number of halogens is 2. The molecule has 2 aromatic rings. The van der Waals surface area contributed by atoms with Gasteiger partial charge >= 0.3 is 18.6 Å². The minimum atomic E-state index is -3.12. The van der Waals surface area contributed by atoms with E-state index in [4.69, 9.17) is 9.47 Å². The van der Waals surface area contributed by atoms with Crippen LogP contribution in [0.4, 0.5) is 8.78 Å². The van der Waals surface area contributed by atoms with Crippen molar-refractivity contribution in [1.29, 1.82) is 0 Å². The number of Topliss-reactive ketones (excluding diaryl/α,β-unsaturated/α-hetero) is 1. The molecule has 0 radical (unpaired) electrons. The fourth-order valence-electron chi connectivity index (χ4n) is 2.01. The third-order valence-corrected chi connectivity index (χ3v) is 3.07. The fourth-order valence-corrected chi connectivity index (χ4v) is 2.01. The summed E-state index contributed by atoms with van der Waals surface area (Å²) in [4.78, 5) is 31.3. The Morgan fingerprint density at radius 3 is 2.38 bits per heavy atom. The zero-order valence-corrected chi connectivity index (χ0v) is 14.0.